The standard InChI is InChI=1S/2C17H15.2C5H9.2CH3.Hf.H2Si/c2*1-12-6-3-9-15(13(12)2)17-11-5-8-14-7-4-10-16(14)17;2*1-2-4-5-3-1;;;;/h2*3-11H,1-2H3;2*1H,2-5H2;2*1H3;;1H2. The first-order chi connectivity index (χ1) is 22.8. The van der Waals surface area contributed by atoms with Gasteiger partial charge in [0.05, 0.1) is 0 Å². The van der Waals surface area contributed by atoms with E-state index in [2.05, 4.69) is 141 Å². The summed E-state index contributed by atoms with van der Waals surface area (Å²) in [6.07, 6.45) is 22.0. The normalized spacial score (nSPS) is 23.1. The van der Waals surface area contributed by atoms with Gasteiger partial charge >= 0.3 is 288 Å². The van der Waals surface area contributed by atoms with Crippen molar-refractivity contribution in [2.45, 2.75) is 103 Å². The Morgan fingerprint density at radius 2 is 0.854 bits per heavy atom. The van der Waals surface area contributed by atoms with Crippen LogP contribution in [-0.4, -0.2) is 6.94 Å². The summed E-state index contributed by atoms with van der Waals surface area (Å²) in [5.74, 6) is 0. The van der Waals surface area contributed by atoms with E-state index in [1.54, 1.807) is 11.1 Å². The zero-order valence-electron chi connectivity index (χ0n) is 30.4. The van der Waals surface area contributed by atoms with E-state index in [1.807, 2.05) is 0 Å². The molecule has 0 amide bonds. The number of fused-ring (bicyclic) bond motifs is 2. The minimum atomic E-state index is -5.31. The number of hydrogen-bond donors (Lipinski definition) is 0. The molecule has 4 aliphatic carbocycles. The third-order valence-electron chi connectivity index (χ3n) is 16.7. The average molecular weight is 816 g/mol. The molecule has 2 heteroatoms. The van der Waals surface area contributed by atoms with Gasteiger partial charge in [-0.1, -0.05) is 0 Å². The Bertz CT molecular complexity index is 2040. The van der Waals surface area contributed by atoms with Gasteiger partial charge in [-0.3, -0.25) is 0 Å². The van der Waals surface area contributed by atoms with E-state index in [1.165, 1.54) is 107 Å². The fraction of sp³-hybridized carbons (Fsp3) is 0.391. The van der Waals surface area contributed by atoms with Gasteiger partial charge in [-0.05, 0) is 0 Å². The molecule has 0 saturated heterocycles. The third kappa shape index (κ3) is 3.91. The van der Waals surface area contributed by atoms with Gasteiger partial charge in [0.15, 0.2) is 0 Å². The molecular weight excluding hydrogens is 759 g/mol. The predicted molar refractivity (Wildman–Crippen MR) is 211 cm³/mol. The summed E-state index contributed by atoms with van der Waals surface area (Å²) in [6, 6.07) is 28.5. The van der Waals surface area contributed by atoms with Crippen molar-refractivity contribution in [1.29, 1.82) is 0 Å². The van der Waals surface area contributed by atoms with Gasteiger partial charge in [-0.15, -0.1) is 0 Å². The Hall–Kier alpha value is -2.55. The summed E-state index contributed by atoms with van der Waals surface area (Å²) in [5, 5.41) is 0. The zero-order chi connectivity index (χ0) is 33.6. The summed E-state index contributed by atoms with van der Waals surface area (Å²) in [7, 11) is 0. The van der Waals surface area contributed by atoms with Crippen molar-refractivity contribution in [3.8, 4) is 22.3 Å². The van der Waals surface area contributed by atoms with Gasteiger partial charge in [0, 0.05) is 0 Å². The Labute approximate surface area is 286 Å². The molecule has 0 N–H and O–H groups in total. The van der Waals surface area contributed by atoms with Crippen molar-refractivity contribution in [2.24, 2.45) is 0 Å². The van der Waals surface area contributed by atoms with E-state index in [4.69, 9.17) is 0 Å². The van der Waals surface area contributed by atoms with Crippen molar-refractivity contribution in [2.75, 3.05) is 0 Å². The van der Waals surface area contributed by atoms with Gasteiger partial charge in [-0.2, -0.15) is 0 Å². The van der Waals surface area contributed by atoms with Gasteiger partial charge in [0.2, 0.25) is 0 Å². The predicted octanol–water partition coefficient (Wildman–Crippen LogP) is 13.2. The van der Waals surface area contributed by atoms with Crippen molar-refractivity contribution in [1.82, 2.24) is 0 Å². The second-order valence-electron chi connectivity index (χ2n) is 19.1. The summed E-state index contributed by atoms with van der Waals surface area (Å²) >= 11 is -5.31. The molecule has 48 heavy (non-hydrogen) atoms. The van der Waals surface area contributed by atoms with Crippen molar-refractivity contribution in [3.05, 3.63) is 129 Å². The van der Waals surface area contributed by atoms with E-state index in [0.717, 1.165) is 7.35 Å². The molecule has 0 heterocycles. The molecule has 8 rings (SSSR count). The van der Waals surface area contributed by atoms with Crippen molar-refractivity contribution >= 4 is 19.1 Å². The molecule has 4 aromatic rings. The third-order valence-corrected chi connectivity index (χ3v) is 87.0. The topological polar surface area (TPSA) is 0 Å². The monoisotopic (exact) mass is 816 g/mol. The van der Waals surface area contributed by atoms with Crippen LogP contribution in [0, 0.1) is 27.7 Å². The fourth-order valence-corrected chi connectivity index (χ4v) is 76.9. The second kappa shape index (κ2) is 10.3. The molecular formula is C46H56HfSi. The zero-order valence-corrected chi connectivity index (χ0v) is 35.4. The van der Waals surface area contributed by atoms with Crippen LogP contribution >= 0.6 is 0 Å². The molecule has 2 atom stereocenters. The van der Waals surface area contributed by atoms with E-state index < -0.39 is 14.2 Å². The van der Waals surface area contributed by atoms with Crippen LogP contribution in [0.2, 0.25) is 16.7 Å². The van der Waals surface area contributed by atoms with Crippen LogP contribution < -0.4 is 0 Å². The molecule has 2 saturated carbocycles. The quantitative estimate of drug-likeness (QED) is 0.170. The Morgan fingerprint density at radius 1 is 0.500 bits per heavy atom. The number of benzene rings is 4. The summed E-state index contributed by atoms with van der Waals surface area (Å²) in [4.78, 5) is 0. The van der Waals surface area contributed by atoms with Gasteiger partial charge in [-0.25, -0.2) is 0 Å². The van der Waals surface area contributed by atoms with Crippen molar-refractivity contribution < 1.29 is 14.2 Å². The first kappa shape index (κ1) is 32.6. The molecule has 0 bridgehead atoms. The van der Waals surface area contributed by atoms with Gasteiger partial charge in [0.25, 0.3) is 0 Å². The molecule has 2 unspecified atom stereocenters. The SMILES string of the molecule is Cc1cccc(-c2cccc3c2C=C[CH]3[Hf]([CH3])([CH3])(=[SiH2])([CH]2CCCC2)([CH]2CCCC2)[CH]2C=Cc3c(-c4cccc(C)c4C)cccc32)c1C. The summed E-state index contributed by atoms with van der Waals surface area (Å²) in [5.41, 5.74) is 17.6. The fourth-order valence-electron chi connectivity index (χ4n) is 13.4. The van der Waals surface area contributed by atoms with E-state index in [9.17, 15) is 0 Å². The van der Waals surface area contributed by atoms with Crippen LogP contribution in [0.15, 0.2) is 84.9 Å². The van der Waals surface area contributed by atoms with E-state index >= 15 is 0 Å². The van der Waals surface area contributed by atoms with Crippen LogP contribution in [0.5, 0.6) is 0 Å². The number of hydrogen-bond acceptors (Lipinski definition) is 0. The Kier molecular flexibility index (Phi) is 6.97. The van der Waals surface area contributed by atoms with Crippen LogP contribution in [-0.2, 0) is 14.2 Å². The summed E-state index contributed by atoms with van der Waals surface area (Å²) in [6.45, 7) is 11.9. The molecule has 0 aliphatic heterocycles. The van der Waals surface area contributed by atoms with E-state index in [0.29, 0.717) is 7.35 Å². The van der Waals surface area contributed by atoms with E-state index in [-0.39, 0.29) is 0 Å². The molecule has 0 spiro atoms. The molecule has 0 radical (unpaired) electrons. The minimum absolute atomic E-state index is 0.490. The number of aryl methyl sites for hydroxylation is 2. The van der Waals surface area contributed by atoms with Crippen LogP contribution in [0.3, 0.4) is 0 Å². The number of allylic oxidation sites excluding steroid dienone is 2. The van der Waals surface area contributed by atoms with Gasteiger partial charge < -0.3 is 0 Å². The maximum atomic E-state index is 3.08. The molecule has 4 aliphatic rings. The van der Waals surface area contributed by atoms with Crippen LogP contribution in [0.4, 0.5) is 0 Å². The van der Waals surface area contributed by atoms with Crippen LogP contribution in [0.1, 0.15) is 103 Å². The molecule has 4 aromatic carbocycles. The molecule has 0 nitrogen and oxygen atoms in total. The Balaban J connectivity index is 1.44. The second-order valence-corrected chi connectivity index (χ2v) is 92.7. The maximum absolute atomic E-state index is 5.31. The van der Waals surface area contributed by atoms with Gasteiger partial charge in [0.1, 0.15) is 0 Å². The average Bonchev–Trinajstić information content (AvgIpc) is 3.91. The first-order valence-electron chi connectivity index (χ1n) is 19.1. The molecule has 248 valence electrons. The van der Waals surface area contributed by atoms with Crippen molar-refractivity contribution in [3.63, 3.8) is 0 Å². The Morgan fingerprint density at radius 3 is 1.25 bits per heavy atom. The number of rotatable bonds is 6. The molecule has 0 aromatic heterocycles. The first-order valence-corrected chi connectivity index (χ1v) is 42.9. The summed E-state index contributed by atoms with van der Waals surface area (Å²) < 4.78 is 8.74. The van der Waals surface area contributed by atoms with Crippen LogP contribution in [0.25, 0.3) is 34.4 Å². The molecule has 2 fully saturated rings.